The highest BCUT2D eigenvalue weighted by atomic mass is 16.3. The van der Waals surface area contributed by atoms with Crippen LogP contribution < -0.4 is 4.90 Å². The molecule has 0 saturated carbocycles. The van der Waals surface area contributed by atoms with E-state index in [-0.39, 0.29) is 0 Å². The standard InChI is InChI=1S/C47H30N4O/c1-4-15-32(16-5-1)45-48-46(33-17-6-2-7-18-33)50-47(49-45)41-30-43-44(39-23-13-12-22-38(39)41)40-27-26-37(29-42(40)52-43)51(35-20-8-3-9-21-35)36-25-24-31-14-10-11-19-34(31)28-36/h1-30H. The Balaban J connectivity index is 1.17. The fourth-order valence-electron chi connectivity index (χ4n) is 7.22. The Morgan fingerprint density at radius 3 is 1.63 bits per heavy atom. The lowest BCUT2D eigenvalue weighted by Crippen LogP contribution is -2.09. The van der Waals surface area contributed by atoms with E-state index in [4.69, 9.17) is 19.4 Å². The summed E-state index contributed by atoms with van der Waals surface area (Å²) in [4.78, 5) is 17.3. The van der Waals surface area contributed by atoms with Gasteiger partial charge in [-0.1, -0.05) is 133 Å². The lowest BCUT2D eigenvalue weighted by Gasteiger charge is -2.25. The van der Waals surface area contributed by atoms with Crippen molar-refractivity contribution in [1.29, 1.82) is 0 Å². The van der Waals surface area contributed by atoms with E-state index in [0.29, 0.717) is 17.5 Å². The second-order valence-corrected chi connectivity index (χ2v) is 12.9. The molecule has 0 N–H and O–H groups in total. The monoisotopic (exact) mass is 666 g/mol. The van der Waals surface area contributed by atoms with Crippen molar-refractivity contribution in [2.24, 2.45) is 0 Å². The van der Waals surface area contributed by atoms with Gasteiger partial charge in [0.05, 0.1) is 0 Å². The van der Waals surface area contributed by atoms with Crippen molar-refractivity contribution in [2.75, 3.05) is 4.90 Å². The first-order chi connectivity index (χ1) is 25.8. The number of para-hydroxylation sites is 1. The molecule has 2 heterocycles. The molecule has 0 bridgehead atoms. The average Bonchev–Trinajstić information content (AvgIpc) is 3.59. The average molecular weight is 667 g/mol. The Bertz CT molecular complexity index is 2850. The Labute approximate surface area is 300 Å². The Morgan fingerprint density at radius 2 is 0.923 bits per heavy atom. The third-order valence-electron chi connectivity index (χ3n) is 9.67. The molecule has 0 spiro atoms. The van der Waals surface area contributed by atoms with Gasteiger partial charge in [-0.2, -0.15) is 0 Å². The van der Waals surface area contributed by atoms with Crippen molar-refractivity contribution in [2.45, 2.75) is 0 Å². The van der Waals surface area contributed by atoms with E-state index in [9.17, 15) is 0 Å². The molecule has 8 aromatic carbocycles. The first kappa shape index (κ1) is 29.8. The number of anilines is 3. The maximum absolute atomic E-state index is 6.79. The Hall–Kier alpha value is -7.11. The molecule has 0 atom stereocenters. The van der Waals surface area contributed by atoms with Crippen molar-refractivity contribution in [3.8, 4) is 34.2 Å². The molecule has 5 heteroatoms. The highest BCUT2D eigenvalue weighted by molar-refractivity contribution is 6.22. The third kappa shape index (κ3) is 5.15. The first-order valence-corrected chi connectivity index (χ1v) is 17.4. The molecule has 10 rings (SSSR count). The number of hydrogen-bond donors (Lipinski definition) is 0. The normalized spacial score (nSPS) is 11.5. The molecule has 0 fully saturated rings. The fraction of sp³-hybridized carbons (Fsp3) is 0. The number of fused-ring (bicyclic) bond motifs is 6. The minimum absolute atomic E-state index is 0.596. The van der Waals surface area contributed by atoms with Crippen LogP contribution in [0.2, 0.25) is 0 Å². The van der Waals surface area contributed by atoms with Gasteiger partial charge in [0.15, 0.2) is 17.5 Å². The summed E-state index contributed by atoms with van der Waals surface area (Å²) in [7, 11) is 0. The quantitative estimate of drug-likeness (QED) is 0.177. The number of benzene rings is 8. The van der Waals surface area contributed by atoms with E-state index >= 15 is 0 Å². The SMILES string of the molecule is c1ccc(-c2nc(-c3ccccc3)nc(-c3cc4oc5cc(N(c6ccccc6)c6ccc7ccccc7c6)ccc5c4c4ccccc34)n2)cc1. The van der Waals surface area contributed by atoms with Gasteiger partial charge in [-0.3, -0.25) is 0 Å². The molecule has 52 heavy (non-hydrogen) atoms. The number of hydrogen-bond acceptors (Lipinski definition) is 5. The number of furan rings is 1. The summed E-state index contributed by atoms with van der Waals surface area (Å²) in [6, 6.07) is 62.7. The highest BCUT2D eigenvalue weighted by Gasteiger charge is 2.20. The molecule has 0 radical (unpaired) electrons. The maximum atomic E-state index is 6.79. The molecule has 0 aliphatic carbocycles. The van der Waals surface area contributed by atoms with E-state index < -0.39 is 0 Å². The fourth-order valence-corrected chi connectivity index (χ4v) is 7.22. The van der Waals surface area contributed by atoms with Gasteiger partial charge in [0.25, 0.3) is 0 Å². The summed E-state index contributed by atoms with van der Waals surface area (Å²) >= 11 is 0. The van der Waals surface area contributed by atoms with Gasteiger partial charge in [0.2, 0.25) is 0 Å². The van der Waals surface area contributed by atoms with Gasteiger partial charge >= 0.3 is 0 Å². The first-order valence-electron chi connectivity index (χ1n) is 17.4. The van der Waals surface area contributed by atoms with Crippen LogP contribution in [0.25, 0.3) is 77.6 Å². The van der Waals surface area contributed by atoms with Gasteiger partial charge in [-0.05, 0) is 64.0 Å². The van der Waals surface area contributed by atoms with Crippen LogP contribution >= 0.6 is 0 Å². The van der Waals surface area contributed by atoms with Crippen LogP contribution in [0.4, 0.5) is 17.1 Å². The van der Waals surface area contributed by atoms with E-state index in [1.165, 1.54) is 10.8 Å². The molecule has 2 aromatic heterocycles. The van der Waals surface area contributed by atoms with E-state index in [1.807, 2.05) is 66.7 Å². The second-order valence-electron chi connectivity index (χ2n) is 12.9. The number of nitrogens with zero attached hydrogens (tertiary/aromatic N) is 4. The summed E-state index contributed by atoms with van der Waals surface area (Å²) in [5.41, 5.74) is 7.49. The van der Waals surface area contributed by atoms with Crippen LogP contribution in [0.15, 0.2) is 186 Å². The van der Waals surface area contributed by atoms with Gasteiger partial charge < -0.3 is 9.32 Å². The van der Waals surface area contributed by atoms with Gasteiger partial charge in [-0.15, -0.1) is 0 Å². The van der Waals surface area contributed by atoms with Crippen LogP contribution in [0, 0.1) is 0 Å². The summed E-state index contributed by atoms with van der Waals surface area (Å²) < 4.78 is 6.79. The zero-order valence-corrected chi connectivity index (χ0v) is 28.0. The van der Waals surface area contributed by atoms with Gasteiger partial charge in [-0.25, -0.2) is 15.0 Å². The summed E-state index contributed by atoms with van der Waals surface area (Å²) in [5.74, 6) is 1.84. The van der Waals surface area contributed by atoms with Crippen molar-refractivity contribution in [3.05, 3.63) is 182 Å². The predicted molar refractivity (Wildman–Crippen MR) is 213 cm³/mol. The van der Waals surface area contributed by atoms with Gasteiger partial charge in [0, 0.05) is 50.6 Å². The second kappa shape index (κ2) is 12.3. The molecule has 0 saturated heterocycles. The van der Waals surface area contributed by atoms with Crippen LogP contribution in [0.3, 0.4) is 0 Å². The lowest BCUT2D eigenvalue weighted by molar-refractivity contribution is 0.669. The van der Waals surface area contributed by atoms with Crippen molar-refractivity contribution < 1.29 is 4.42 Å². The molecular formula is C47H30N4O. The van der Waals surface area contributed by atoms with E-state index in [0.717, 1.165) is 66.5 Å². The molecule has 244 valence electrons. The van der Waals surface area contributed by atoms with E-state index in [1.54, 1.807) is 0 Å². The third-order valence-corrected chi connectivity index (χ3v) is 9.67. The van der Waals surface area contributed by atoms with Crippen molar-refractivity contribution in [3.63, 3.8) is 0 Å². The Kier molecular flexibility index (Phi) is 7.07. The smallest absolute Gasteiger partial charge is 0.164 e. The summed E-state index contributed by atoms with van der Waals surface area (Å²) in [6.45, 7) is 0. The van der Waals surface area contributed by atoms with Crippen LogP contribution in [0.1, 0.15) is 0 Å². The molecule has 5 nitrogen and oxygen atoms in total. The van der Waals surface area contributed by atoms with E-state index in [2.05, 4.69) is 120 Å². The predicted octanol–water partition coefficient (Wildman–Crippen LogP) is 12.5. The van der Waals surface area contributed by atoms with Crippen LogP contribution in [0.5, 0.6) is 0 Å². The lowest BCUT2D eigenvalue weighted by atomic mass is 9.98. The number of rotatable bonds is 6. The molecule has 0 amide bonds. The van der Waals surface area contributed by atoms with Crippen molar-refractivity contribution >= 4 is 60.5 Å². The zero-order chi connectivity index (χ0) is 34.4. The molecule has 0 unspecified atom stereocenters. The molecular weight excluding hydrogens is 637 g/mol. The van der Waals surface area contributed by atoms with Crippen molar-refractivity contribution in [1.82, 2.24) is 15.0 Å². The minimum Gasteiger partial charge on any atom is -0.456 e. The topological polar surface area (TPSA) is 55.1 Å². The van der Waals surface area contributed by atoms with Gasteiger partial charge in [0.1, 0.15) is 11.2 Å². The zero-order valence-electron chi connectivity index (χ0n) is 28.0. The maximum Gasteiger partial charge on any atom is 0.164 e. The van der Waals surface area contributed by atoms with Crippen LogP contribution in [-0.2, 0) is 0 Å². The molecule has 0 aliphatic rings. The highest BCUT2D eigenvalue weighted by Crippen LogP contribution is 2.43. The largest absolute Gasteiger partial charge is 0.456 e. The summed E-state index contributed by atoms with van der Waals surface area (Å²) in [5, 5.41) is 6.65. The molecule has 10 aromatic rings. The minimum atomic E-state index is 0.596. The molecule has 0 aliphatic heterocycles. The Morgan fingerprint density at radius 1 is 0.365 bits per heavy atom. The van der Waals surface area contributed by atoms with Crippen LogP contribution in [-0.4, -0.2) is 15.0 Å². The summed E-state index contributed by atoms with van der Waals surface area (Å²) in [6.07, 6.45) is 0. The number of aromatic nitrogens is 3.